The van der Waals surface area contributed by atoms with Crippen LogP contribution in [0.5, 0.6) is 0 Å². The van der Waals surface area contributed by atoms with E-state index in [1.165, 1.54) is 11.8 Å². The van der Waals surface area contributed by atoms with Crippen molar-refractivity contribution in [1.29, 1.82) is 0 Å². The Balaban J connectivity index is 1.81. The van der Waals surface area contributed by atoms with E-state index in [9.17, 15) is 14.7 Å². The standard InChI is InChI=1S/C14H20N2O3S2/c1-10-15-11(8-21-10)7-20-9-12(17)16-14(13(18)19)5-3-2-4-6-14/h8H,2-7,9H2,1H3,(H,16,17)(H,18,19). The summed E-state index contributed by atoms with van der Waals surface area (Å²) in [6.45, 7) is 1.95. The maximum absolute atomic E-state index is 12.0. The third-order valence-corrected chi connectivity index (χ3v) is 5.43. The van der Waals surface area contributed by atoms with Gasteiger partial charge in [0.2, 0.25) is 5.91 Å². The minimum absolute atomic E-state index is 0.198. The van der Waals surface area contributed by atoms with Gasteiger partial charge >= 0.3 is 5.97 Å². The van der Waals surface area contributed by atoms with E-state index in [4.69, 9.17) is 0 Å². The first-order valence-corrected chi connectivity index (χ1v) is 9.08. The van der Waals surface area contributed by atoms with Gasteiger partial charge < -0.3 is 10.4 Å². The number of carbonyl (C=O) groups is 2. The second-order valence-corrected chi connectivity index (χ2v) is 7.39. The number of carbonyl (C=O) groups excluding carboxylic acids is 1. The molecule has 21 heavy (non-hydrogen) atoms. The van der Waals surface area contributed by atoms with Crippen LogP contribution >= 0.6 is 23.1 Å². The molecule has 0 radical (unpaired) electrons. The molecule has 1 aromatic heterocycles. The van der Waals surface area contributed by atoms with Gasteiger partial charge in [-0.25, -0.2) is 9.78 Å². The number of carboxylic acid groups (broad SMARTS) is 1. The van der Waals surface area contributed by atoms with Crippen molar-refractivity contribution < 1.29 is 14.7 Å². The summed E-state index contributed by atoms with van der Waals surface area (Å²) in [5, 5.41) is 15.2. The largest absolute Gasteiger partial charge is 0.480 e. The van der Waals surface area contributed by atoms with E-state index in [0.717, 1.165) is 30.0 Å². The predicted octanol–water partition coefficient (Wildman–Crippen LogP) is 2.59. The number of thioether (sulfide) groups is 1. The van der Waals surface area contributed by atoms with E-state index >= 15 is 0 Å². The fourth-order valence-corrected chi connectivity index (χ4v) is 4.01. The molecule has 1 fully saturated rings. The lowest BCUT2D eigenvalue weighted by Gasteiger charge is -2.33. The number of amides is 1. The fraction of sp³-hybridized carbons (Fsp3) is 0.643. The van der Waals surface area contributed by atoms with Gasteiger partial charge in [0.15, 0.2) is 0 Å². The van der Waals surface area contributed by atoms with E-state index in [2.05, 4.69) is 10.3 Å². The molecule has 1 amide bonds. The number of nitrogens with one attached hydrogen (secondary N) is 1. The molecule has 1 aromatic rings. The fourth-order valence-electron chi connectivity index (χ4n) is 2.57. The average Bonchev–Trinajstić information content (AvgIpc) is 2.85. The molecule has 0 spiro atoms. The molecule has 116 valence electrons. The SMILES string of the molecule is Cc1nc(CSCC(=O)NC2(C(=O)O)CCCCC2)cs1. The zero-order valence-electron chi connectivity index (χ0n) is 12.1. The Kier molecular flexibility index (Phi) is 5.64. The molecule has 0 bridgehead atoms. The molecule has 1 saturated carbocycles. The first kappa shape index (κ1) is 16.3. The van der Waals surface area contributed by atoms with Crippen LogP contribution in [-0.4, -0.2) is 33.3 Å². The summed E-state index contributed by atoms with van der Waals surface area (Å²) in [5.41, 5.74) is -0.0754. The van der Waals surface area contributed by atoms with Crippen LogP contribution in [0, 0.1) is 6.92 Å². The molecular weight excluding hydrogens is 308 g/mol. The van der Waals surface area contributed by atoms with Crippen LogP contribution in [0.4, 0.5) is 0 Å². The molecule has 7 heteroatoms. The van der Waals surface area contributed by atoms with Gasteiger partial charge in [-0.15, -0.1) is 23.1 Å². The summed E-state index contributed by atoms with van der Waals surface area (Å²) < 4.78 is 0. The quantitative estimate of drug-likeness (QED) is 0.839. The van der Waals surface area contributed by atoms with Crippen molar-refractivity contribution in [2.45, 2.75) is 50.3 Å². The smallest absolute Gasteiger partial charge is 0.329 e. The number of nitrogens with zero attached hydrogens (tertiary/aromatic N) is 1. The summed E-state index contributed by atoms with van der Waals surface area (Å²) in [6, 6.07) is 0. The summed E-state index contributed by atoms with van der Waals surface area (Å²) >= 11 is 3.06. The van der Waals surface area contributed by atoms with Crippen LogP contribution in [0.25, 0.3) is 0 Å². The van der Waals surface area contributed by atoms with E-state index in [1.807, 2.05) is 12.3 Å². The van der Waals surface area contributed by atoms with E-state index < -0.39 is 11.5 Å². The molecule has 1 aliphatic rings. The van der Waals surface area contributed by atoms with Gasteiger partial charge in [-0.2, -0.15) is 0 Å². The van der Waals surface area contributed by atoms with Crippen molar-refractivity contribution in [3.63, 3.8) is 0 Å². The zero-order chi connectivity index (χ0) is 15.3. The lowest BCUT2D eigenvalue weighted by atomic mass is 9.81. The van der Waals surface area contributed by atoms with Crippen LogP contribution in [0.3, 0.4) is 0 Å². The Bertz CT molecular complexity index is 510. The number of thiazole rings is 1. The second kappa shape index (κ2) is 7.26. The van der Waals surface area contributed by atoms with Gasteiger partial charge in [0, 0.05) is 11.1 Å². The molecule has 1 heterocycles. The molecule has 1 aliphatic carbocycles. The highest BCUT2D eigenvalue weighted by Crippen LogP contribution is 2.28. The summed E-state index contributed by atoms with van der Waals surface area (Å²) in [4.78, 5) is 27.8. The van der Waals surface area contributed by atoms with Gasteiger partial charge in [0.25, 0.3) is 0 Å². The van der Waals surface area contributed by atoms with Gasteiger partial charge in [-0.1, -0.05) is 19.3 Å². The van der Waals surface area contributed by atoms with Crippen LogP contribution < -0.4 is 5.32 Å². The number of hydrogen-bond acceptors (Lipinski definition) is 5. The van der Waals surface area contributed by atoms with Crippen LogP contribution in [-0.2, 0) is 15.3 Å². The molecule has 2 N–H and O–H groups in total. The Morgan fingerprint density at radius 2 is 2.14 bits per heavy atom. The number of carboxylic acids is 1. The monoisotopic (exact) mass is 328 g/mol. The number of rotatable bonds is 6. The Morgan fingerprint density at radius 1 is 1.43 bits per heavy atom. The molecule has 0 atom stereocenters. The molecule has 5 nitrogen and oxygen atoms in total. The highest BCUT2D eigenvalue weighted by molar-refractivity contribution is 7.99. The van der Waals surface area contributed by atoms with Crippen LogP contribution in [0.1, 0.15) is 42.8 Å². The predicted molar refractivity (Wildman–Crippen MR) is 84.6 cm³/mol. The van der Waals surface area contributed by atoms with Gasteiger partial charge in [0.1, 0.15) is 5.54 Å². The van der Waals surface area contributed by atoms with E-state index in [0.29, 0.717) is 18.6 Å². The molecule has 0 aromatic carbocycles. The van der Waals surface area contributed by atoms with Crippen molar-refractivity contribution in [1.82, 2.24) is 10.3 Å². The van der Waals surface area contributed by atoms with Gasteiger partial charge in [-0.3, -0.25) is 4.79 Å². The molecule has 0 saturated heterocycles. The molecule has 0 aliphatic heterocycles. The van der Waals surface area contributed by atoms with Crippen molar-refractivity contribution in [2.75, 3.05) is 5.75 Å². The number of hydrogen-bond donors (Lipinski definition) is 2. The normalized spacial score (nSPS) is 17.4. The van der Waals surface area contributed by atoms with Crippen molar-refractivity contribution >= 4 is 35.0 Å². The Labute approximate surface area is 132 Å². The van der Waals surface area contributed by atoms with Crippen LogP contribution in [0.2, 0.25) is 0 Å². The Morgan fingerprint density at radius 3 is 2.71 bits per heavy atom. The number of aryl methyl sites for hydroxylation is 1. The average molecular weight is 328 g/mol. The molecule has 0 unspecified atom stereocenters. The third kappa shape index (κ3) is 4.44. The minimum atomic E-state index is -1.05. The van der Waals surface area contributed by atoms with E-state index in [1.54, 1.807) is 11.3 Å². The lowest BCUT2D eigenvalue weighted by Crippen LogP contribution is -2.56. The summed E-state index contributed by atoms with van der Waals surface area (Å²) in [6.07, 6.45) is 3.83. The van der Waals surface area contributed by atoms with Crippen LogP contribution in [0.15, 0.2) is 5.38 Å². The number of aliphatic carboxylic acids is 1. The minimum Gasteiger partial charge on any atom is -0.480 e. The maximum atomic E-state index is 12.0. The second-order valence-electron chi connectivity index (χ2n) is 5.35. The third-order valence-electron chi connectivity index (χ3n) is 3.64. The topological polar surface area (TPSA) is 79.3 Å². The highest BCUT2D eigenvalue weighted by Gasteiger charge is 2.40. The maximum Gasteiger partial charge on any atom is 0.329 e. The first-order valence-electron chi connectivity index (χ1n) is 7.05. The zero-order valence-corrected chi connectivity index (χ0v) is 13.7. The summed E-state index contributed by atoms with van der Waals surface area (Å²) in [7, 11) is 0. The van der Waals surface area contributed by atoms with Gasteiger partial charge in [0.05, 0.1) is 16.5 Å². The number of aromatic nitrogens is 1. The summed E-state index contributed by atoms with van der Waals surface area (Å²) in [5.74, 6) is -0.157. The lowest BCUT2D eigenvalue weighted by molar-refractivity contribution is -0.148. The molecule has 2 rings (SSSR count). The van der Waals surface area contributed by atoms with Crippen molar-refractivity contribution in [2.24, 2.45) is 0 Å². The molecular formula is C14H20N2O3S2. The van der Waals surface area contributed by atoms with E-state index in [-0.39, 0.29) is 11.7 Å². The highest BCUT2D eigenvalue weighted by atomic mass is 32.2. The van der Waals surface area contributed by atoms with Crippen molar-refractivity contribution in [3.8, 4) is 0 Å². The first-order chi connectivity index (χ1) is 10.0. The Hall–Kier alpha value is -1.08. The van der Waals surface area contributed by atoms with Gasteiger partial charge in [-0.05, 0) is 19.8 Å². The van der Waals surface area contributed by atoms with Crippen molar-refractivity contribution in [3.05, 3.63) is 16.1 Å².